The third kappa shape index (κ3) is 1.91. The lowest BCUT2D eigenvalue weighted by Gasteiger charge is -2.02. The molecule has 3 atom stereocenters. The number of aliphatic hydroxyl groups excluding tert-OH is 1. The molecule has 1 saturated heterocycles. The second-order valence-corrected chi connectivity index (χ2v) is 2.78. The lowest BCUT2D eigenvalue weighted by Crippen LogP contribution is -2.25. The van der Waals surface area contributed by atoms with Gasteiger partial charge in [-0.05, 0) is 6.42 Å². The Morgan fingerprint density at radius 3 is 2.82 bits per heavy atom. The molecule has 1 aliphatic heterocycles. The summed E-state index contributed by atoms with van der Waals surface area (Å²) in [5, 5.41) is 9.28. The zero-order chi connectivity index (χ0) is 8.43. The summed E-state index contributed by atoms with van der Waals surface area (Å²) in [6.45, 7) is 1.96. The minimum Gasteiger partial charge on any atom is -0.390 e. The van der Waals surface area contributed by atoms with Crippen LogP contribution in [0.15, 0.2) is 0 Å². The Morgan fingerprint density at radius 2 is 2.45 bits per heavy atom. The lowest BCUT2D eigenvalue weighted by atomic mass is 10.1. The Labute approximate surface area is 65.3 Å². The third-order valence-corrected chi connectivity index (χ3v) is 1.77. The smallest absolute Gasteiger partial charge is 0.249 e. The van der Waals surface area contributed by atoms with Crippen molar-refractivity contribution in [2.75, 3.05) is 0 Å². The minimum absolute atomic E-state index is 0.340. The van der Waals surface area contributed by atoms with Crippen LogP contribution in [-0.4, -0.2) is 29.3 Å². The van der Waals surface area contributed by atoms with E-state index in [-0.39, 0.29) is 6.10 Å². The molecule has 4 nitrogen and oxygen atoms in total. The van der Waals surface area contributed by atoms with Crippen molar-refractivity contribution in [3.63, 3.8) is 0 Å². The summed E-state index contributed by atoms with van der Waals surface area (Å²) in [7, 11) is 0. The van der Waals surface area contributed by atoms with Gasteiger partial charge in [-0.2, -0.15) is 0 Å². The van der Waals surface area contributed by atoms with E-state index >= 15 is 0 Å². The molecule has 1 fully saturated rings. The monoisotopic (exact) mass is 159 g/mol. The van der Waals surface area contributed by atoms with Crippen molar-refractivity contribution in [1.82, 2.24) is 0 Å². The maximum absolute atomic E-state index is 10.5. The van der Waals surface area contributed by atoms with Gasteiger partial charge in [-0.1, -0.05) is 13.3 Å². The largest absolute Gasteiger partial charge is 0.390 e. The maximum atomic E-state index is 10.5. The predicted octanol–water partition coefficient (Wildman–Crippen LogP) is -0.600. The molecular weight excluding hydrogens is 146 g/mol. The van der Waals surface area contributed by atoms with Crippen LogP contribution < -0.4 is 5.73 Å². The molecule has 0 saturated carbocycles. The first-order chi connectivity index (χ1) is 5.16. The summed E-state index contributed by atoms with van der Waals surface area (Å²) in [6.07, 6.45) is 0.127. The number of rotatable bonds is 4. The highest BCUT2D eigenvalue weighted by Crippen LogP contribution is 2.26. The molecule has 64 valence electrons. The normalized spacial score (nSPS) is 31.5. The van der Waals surface area contributed by atoms with Gasteiger partial charge in [0.05, 0.1) is 6.10 Å². The Balaban J connectivity index is 2.25. The quantitative estimate of drug-likeness (QED) is 0.538. The van der Waals surface area contributed by atoms with E-state index in [4.69, 9.17) is 10.5 Å². The van der Waals surface area contributed by atoms with Crippen molar-refractivity contribution >= 4 is 5.91 Å². The topological polar surface area (TPSA) is 75.8 Å². The lowest BCUT2D eigenvalue weighted by molar-refractivity contribution is -0.119. The molecule has 4 heteroatoms. The number of aliphatic hydroxyl groups is 1. The molecule has 11 heavy (non-hydrogen) atoms. The van der Waals surface area contributed by atoms with Crippen LogP contribution in [-0.2, 0) is 9.53 Å². The summed E-state index contributed by atoms with van der Waals surface area (Å²) in [5.74, 6) is -0.481. The number of epoxide rings is 1. The highest BCUT2D eigenvalue weighted by molar-refractivity contribution is 5.81. The molecule has 0 aromatic carbocycles. The summed E-state index contributed by atoms with van der Waals surface area (Å²) < 4.78 is 4.87. The fourth-order valence-electron chi connectivity index (χ4n) is 1.11. The van der Waals surface area contributed by atoms with Crippen LogP contribution in [0.1, 0.15) is 19.8 Å². The van der Waals surface area contributed by atoms with Crippen molar-refractivity contribution in [3.05, 3.63) is 0 Å². The number of hydrogen-bond donors (Lipinski definition) is 2. The third-order valence-electron chi connectivity index (χ3n) is 1.77. The van der Waals surface area contributed by atoms with Gasteiger partial charge in [0.15, 0.2) is 6.10 Å². The summed E-state index contributed by atoms with van der Waals surface area (Å²) in [5.41, 5.74) is 4.95. The van der Waals surface area contributed by atoms with Gasteiger partial charge in [-0.3, -0.25) is 4.79 Å². The number of primary amides is 1. The van der Waals surface area contributed by atoms with E-state index in [0.717, 1.165) is 6.42 Å². The van der Waals surface area contributed by atoms with Crippen LogP contribution in [0.5, 0.6) is 0 Å². The van der Waals surface area contributed by atoms with Crippen molar-refractivity contribution in [2.45, 2.75) is 38.1 Å². The molecule has 0 radical (unpaired) electrons. The molecule has 1 amide bonds. The van der Waals surface area contributed by atoms with E-state index in [1.165, 1.54) is 0 Å². The van der Waals surface area contributed by atoms with E-state index in [1.54, 1.807) is 0 Å². The van der Waals surface area contributed by atoms with Crippen molar-refractivity contribution < 1.29 is 14.6 Å². The molecule has 3 unspecified atom stereocenters. The first-order valence-electron chi connectivity index (χ1n) is 3.79. The van der Waals surface area contributed by atoms with E-state index in [0.29, 0.717) is 6.42 Å². The molecule has 0 aliphatic carbocycles. The minimum atomic E-state index is -0.545. The number of carbonyl (C=O) groups excluding carboxylic acids is 1. The predicted molar refractivity (Wildman–Crippen MR) is 38.8 cm³/mol. The fraction of sp³-hybridized carbons (Fsp3) is 0.857. The van der Waals surface area contributed by atoms with Gasteiger partial charge >= 0.3 is 0 Å². The van der Waals surface area contributed by atoms with Crippen molar-refractivity contribution in [1.29, 1.82) is 0 Å². The molecule has 1 aliphatic rings. The van der Waals surface area contributed by atoms with Gasteiger partial charge in [-0.25, -0.2) is 0 Å². The number of carbonyl (C=O) groups is 1. The molecule has 1 rings (SSSR count). The zero-order valence-electron chi connectivity index (χ0n) is 6.49. The van der Waals surface area contributed by atoms with Gasteiger partial charge in [0.2, 0.25) is 5.91 Å². The van der Waals surface area contributed by atoms with E-state index in [9.17, 15) is 9.90 Å². The van der Waals surface area contributed by atoms with Gasteiger partial charge in [0.1, 0.15) is 6.10 Å². The molecule has 3 N–H and O–H groups in total. The SMILES string of the molecule is CCCC(O)C1OC1C(N)=O. The number of ether oxygens (including phenoxy) is 1. The highest BCUT2D eigenvalue weighted by Gasteiger charge is 2.47. The van der Waals surface area contributed by atoms with Gasteiger partial charge < -0.3 is 15.6 Å². The van der Waals surface area contributed by atoms with E-state index < -0.39 is 18.1 Å². The Kier molecular flexibility index (Phi) is 2.46. The Hall–Kier alpha value is -0.610. The molecule has 0 aromatic rings. The first kappa shape index (κ1) is 8.49. The van der Waals surface area contributed by atoms with Crippen LogP contribution in [0.2, 0.25) is 0 Å². The summed E-state index contributed by atoms with van der Waals surface area (Å²) in [4.78, 5) is 10.5. The molecule has 0 aromatic heterocycles. The van der Waals surface area contributed by atoms with Crippen molar-refractivity contribution in [2.24, 2.45) is 5.73 Å². The van der Waals surface area contributed by atoms with Crippen LogP contribution in [0.3, 0.4) is 0 Å². The van der Waals surface area contributed by atoms with Crippen LogP contribution >= 0.6 is 0 Å². The average molecular weight is 159 g/mol. The molecular formula is C7H13NO3. The molecule has 1 heterocycles. The van der Waals surface area contributed by atoms with Gasteiger partial charge in [0.25, 0.3) is 0 Å². The van der Waals surface area contributed by atoms with Crippen molar-refractivity contribution in [3.8, 4) is 0 Å². The van der Waals surface area contributed by atoms with E-state index in [1.807, 2.05) is 6.92 Å². The number of amides is 1. The average Bonchev–Trinajstić information content (AvgIpc) is 2.65. The standard InChI is InChI=1S/C7H13NO3/c1-2-3-4(9)5-6(11-5)7(8)10/h4-6,9H,2-3H2,1H3,(H2,8,10). The van der Waals surface area contributed by atoms with Gasteiger partial charge in [0, 0.05) is 0 Å². The molecule has 0 bridgehead atoms. The summed E-state index contributed by atoms with van der Waals surface area (Å²) >= 11 is 0. The zero-order valence-corrected chi connectivity index (χ0v) is 6.49. The second-order valence-electron chi connectivity index (χ2n) is 2.78. The van der Waals surface area contributed by atoms with Crippen LogP contribution in [0, 0.1) is 0 Å². The summed E-state index contributed by atoms with van der Waals surface area (Å²) in [6, 6.07) is 0. The maximum Gasteiger partial charge on any atom is 0.249 e. The fourth-order valence-corrected chi connectivity index (χ4v) is 1.11. The number of nitrogens with two attached hydrogens (primary N) is 1. The van der Waals surface area contributed by atoms with Crippen LogP contribution in [0.25, 0.3) is 0 Å². The highest BCUT2D eigenvalue weighted by atomic mass is 16.6. The Bertz CT molecular complexity index is 160. The van der Waals surface area contributed by atoms with E-state index in [2.05, 4.69) is 0 Å². The second kappa shape index (κ2) is 3.19. The number of hydrogen-bond acceptors (Lipinski definition) is 3. The molecule has 0 spiro atoms. The van der Waals surface area contributed by atoms with Gasteiger partial charge in [-0.15, -0.1) is 0 Å². The van der Waals surface area contributed by atoms with Crippen LogP contribution in [0.4, 0.5) is 0 Å². The Morgan fingerprint density at radius 1 is 1.82 bits per heavy atom. The first-order valence-corrected chi connectivity index (χ1v) is 3.79.